The quantitative estimate of drug-likeness (QED) is 0.475. The molecule has 4 aromatic rings. The summed E-state index contributed by atoms with van der Waals surface area (Å²) in [6.07, 6.45) is 1.79. The third-order valence-corrected chi connectivity index (χ3v) is 8.08. The molecule has 0 saturated heterocycles. The Bertz CT molecular complexity index is 1540. The van der Waals surface area contributed by atoms with Crippen LogP contribution in [0.3, 0.4) is 0 Å². The van der Waals surface area contributed by atoms with E-state index < -0.39 is 10.0 Å². The molecule has 0 fully saturated rings. The summed E-state index contributed by atoms with van der Waals surface area (Å²) in [5.74, 6) is 0.284. The Kier molecular flexibility index (Phi) is 5.14. The van der Waals surface area contributed by atoms with Crippen LogP contribution >= 0.6 is 11.6 Å². The number of halogens is 1. The molecule has 2 aromatic carbocycles. The van der Waals surface area contributed by atoms with E-state index in [-0.39, 0.29) is 29.2 Å². The number of sulfonamides is 1. The number of aromatic nitrogens is 3. The van der Waals surface area contributed by atoms with Gasteiger partial charge < -0.3 is 0 Å². The molecule has 1 aliphatic heterocycles. The fraction of sp³-hybridized carbons (Fsp3) is 0.167. The van der Waals surface area contributed by atoms with Crippen LogP contribution in [0.1, 0.15) is 16.7 Å². The first-order chi connectivity index (χ1) is 15.8. The molecule has 0 radical (unpaired) electrons. The number of aromatic amines is 1. The molecule has 33 heavy (non-hydrogen) atoms. The number of rotatable bonds is 3. The molecular weight excluding hydrogens is 460 g/mol. The molecule has 5 rings (SSSR count). The van der Waals surface area contributed by atoms with Crippen molar-refractivity contribution >= 4 is 27.4 Å². The summed E-state index contributed by atoms with van der Waals surface area (Å²) in [5, 5.41) is 3.72. The van der Waals surface area contributed by atoms with Gasteiger partial charge in [-0.3, -0.25) is 9.89 Å². The van der Waals surface area contributed by atoms with Crippen molar-refractivity contribution in [2.45, 2.75) is 25.2 Å². The molecule has 0 bridgehead atoms. The number of hydrogen-bond donors (Lipinski definition) is 1. The number of aryl methyl sites for hydroxylation is 2. The standard InChI is InChI=1S/C24H21ClN4O3S/c1-15-5-9-18(10-6-15)33(31,32)28-13-11-20-22(19-4-3-12-26-23(19)28)27-29(24(20)30)17-8-7-16(2)21(25)14-17/h3-10,12,14,27H,11,13H2,1-2H3. The molecule has 0 saturated carbocycles. The molecule has 7 nitrogen and oxygen atoms in total. The van der Waals surface area contributed by atoms with Gasteiger partial charge in [-0.1, -0.05) is 35.4 Å². The van der Waals surface area contributed by atoms with Crippen molar-refractivity contribution in [2.75, 3.05) is 10.8 Å². The highest BCUT2D eigenvalue weighted by molar-refractivity contribution is 7.92. The molecule has 0 aliphatic carbocycles. The highest BCUT2D eigenvalue weighted by Gasteiger charge is 2.33. The highest BCUT2D eigenvalue weighted by atomic mass is 35.5. The normalized spacial score (nSPS) is 13.4. The van der Waals surface area contributed by atoms with Gasteiger partial charge in [-0.2, -0.15) is 0 Å². The zero-order valence-electron chi connectivity index (χ0n) is 18.0. The van der Waals surface area contributed by atoms with Crippen molar-refractivity contribution in [1.29, 1.82) is 0 Å². The number of anilines is 1. The maximum Gasteiger partial charge on any atom is 0.275 e. The number of hydrogen-bond acceptors (Lipinski definition) is 4. The van der Waals surface area contributed by atoms with Crippen LogP contribution in [-0.4, -0.2) is 29.7 Å². The minimum Gasteiger partial charge on any atom is -0.290 e. The van der Waals surface area contributed by atoms with Gasteiger partial charge in [-0.25, -0.2) is 22.4 Å². The van der Waals surface area contributed by atoms with Crippen molar-refractivity contribution in [3.63, 3.8) is 0 Å². The summed E-state index contributed by atoms with van der Waals surface area (Å²) < 4.78 is 29.7. The van der Waals surface area contributed by atoms with E-state index >= 15 is 0 Å². The van der Waals surface area contributed by atoms with Crippen LogP contribution < -0.4 is 9.86 Å². The fourth-order valence-electron chi connectivity index (χ4n) is 4.01. The van der Waals surface area contributed by atoms with Crippen LogP contribution in [0.2, 0.25) is 5.02 Å². The molecule has 0 spiro atoms. The molecule has 0 atom stereocenters. The summed E-state index contributed by atoms with van der Waals surface area (Å²) in [5.41, 5.74) is 3.86. The van der Waals surface area contributed by atoms with Crippen LogP contribution in [0.5, 0.6) is 0 Å². The van der Waals surface area contributed by atoms with Gasteiger partial charge in [-0.05, 0) is 62.2 Å². The van der Waals surface area contributed by atoms with Crippen molar-refractivity contribution in [1.82, 2.24) is 14.8 Å². The number of pyridine rings is 1. The topological polar surface area (TPSA) is 88.1 Å². The zero-order chi connectivity index (χ0) is 23.3. The first-order valence-electron chi connectivity index (χ1n) is 10.4. The minimum atomic E-state index is -3.87. The number of nitrogens with one attached hydrogen (secondary N) is 1. The predicted octanol–water partition coefficient (Wildman–Crippen LogP) is 4.25. The van der Waals surface area contributed by atoms with Crippen molar-refractivity contribution < 1.29 is 8.42 Å². The lowest BCUT2D eigenvalue weighted by Crippen LogP contribution is -2.34. The summed E-state index contributed by atoms with van der Waals surface area (Å²) in [6.45, 7) is 3.89. The molecule has 0 amide bonds. The first-order valence-corrected chi connectivity index (χ1v) is 12.2. The Morgan fingerprint density at radius 3 is 2.55 bits per heavy atom. The van der Waals surface area contributed by atoms with Crippen LogP contribution in [0.15, 0.2) is 70.5 Å². The van der Waals surface area contributed by atoms with Crippen LogP contribution in [0.4, 0.5) is 5.82 Å². The Hall–Kier alpha value is -3.36. The lowest BCUT2D eigenvalue weighted by atomic mass is 10.1. The van der Waals surface area contributed by atoms with E-state index in [1.807, 2.05) is 26.0 Å². The largest absolute Gasteiger partial charge is 0.290 e. The Labute approximate surface area is 196 Å². The molecule has 3 heterocycles. The summed E-state index contributed by atoms with van der Waals surface area (Å²) in [4.78, 5) is 17.9. The van der Waals surface area contributed by atoms with Gasteiger partial charge in [0.2, 0.25) is 0 Å². The lowest BCUT2D eigenvalue weighted by molar-refractivity contribution is 0.590. The smallest absolute Gasteiger partial charge is 0.275 e. The van der Waals surface area contributed by atoms with Crippen LogP contribution in [0.25, 0.3) is 16.9 Å². The van der Waals surface area contributed by atoms with Gasteiger partial charge in [0.15, 0.2) is 5.82 Å². The van der Waals surface area contributed by atoms with E-state index in [0.29, 0.717) is 27.5 Å². The van der Waals surface area contributed by atoms with E-state index in [1.54, 1.807) is 48.7 Å². The Morgan fingerprint density at radius 1 is 1.06 bits per heavy atom. The third kappa shape index (κ3) is 3.55. The van der Waals surface area contributed by atoms with Crippen molar-refractivity contribution in [3.8, 4) is 16.9 Å². The van der Waals surface area contributed by atoms with Gasteiger partial charge in [-0.15, -0.1) is 0 Å². The molecule has 168 valence electrons. The molecule has 0 unspecified atom stereocenters. The van der Waals surface area contributed by atoms with Gasteiger partial charge in [0.25, 0.3) is 15.6 Å². The molecular formula is C24H21ClN4O3S. The van der Waals surface area contributed by atoms with Crippen molar-refractivity contribution in [2.24, 2.45) is 0 Å². The summed E-state index contributed by atoms with van der Waals surface area (Å²) >= 11 is 6.27. The second-order valence-corrected chi connectivity index (χ2v) is 10.3. The van der Waals surface area contributed by atoms with E-state index in [0.717, 1.165) is 11.1 Å². The number of H-pyrrole nitrogens is 1. The van der Waals surface area contributed by atoms with Crippen LogP contribution in [0, 0.1) is 13.8 Å². The monoisotopic (exact) mass is 480 g/mol. The molecule has 9 heteroatoms. The number of fused-ring (bicyclic) bond motifs is 3. The van der Waals surface area contributed by atoms with E-state index in [1.165, 1.54) is 8.99 Å². The first kappa shape index (κ1) is 21.5. The number of nitrogens with zero attached hydrogens (tertiary/aromatic N) is 3. The average molecular weight is 481 g/mol. The van der Waals surface area contributed by atoms with E-state index in [9.17, 15) is 13.2 Å². The zero-order valence-corrected chi connectivity index (χ0v) is 19.6. The van der Waals surface area contributed by atoms with E-state index in [2.05, 4.69) is 10.1 Å². The highest BCUT2D eigenvalue weighted by Crippen LogP contribution is 2.36. The SMILES string of the molecule is Cc1ccc(S(=O)(=O)N2CCc3c([nH]n(-c4ccc(C)c(Cl)c4)c3=O)-c3cccnc32)cc1. The lowest BCUT2D eigenvalue weighted by Gasteiger charge is -2.23. The van der Waals surface area contributed by atoms with Crippen molar-refractivity contribution in [3.05, 3.63) is 92.9 Å². The second kappa shape index (κ2) is 7.90. The third-order valence-electron chi connectivity index (χ3n) is 5.87. The van der Waals surface area contributed by atoms with Gasteiger partial charge >= 0.3 is 0 Å². The predicted molar refractivity (Wildman–Crippen MR) is 129 cm³/mol. The Balaban J connectivity index is 1.66. The average Bonchev–Trinajstić information content (AvgIpc) is 3.02. The Morgan fingerprint density at radius 2 is 1.82 bits per heavy atom. The summed E-state index contributed by atoms with van der Waals surface area (Å²) in [7, 11) is -3.87. The molecule has 1 aliphatic rings. The maximum atomic E-state index is 13.5. The molecule has 1 N–H and O–H groups in total. The fourth-order valence-corrected chi connectivity index (χ4v) is 5.63. The van der Waals surface area contributed by atoms with Crippen LogP contribution in [-0.2, 0) is 16.4 Å². The van der Waals surface area contributed by atoms with Gasteiger partial charge in [0.05, 0.1) is 16.3 Å². The van der Waals surface area contributed by atoms with Gasteiger partial charge in [0, 0.05) is 28.9 Å². The maximum absolute atomic E-state index is 13.5. The second-order valence-electron chi connectivity index (χ2n) is 8.05. The van der Waals surface area contributed by atoms with E-state index in [4.69, 9.17) is 11.6 Å². The van der Waals surface area contributed by atoms with Gasteiger partial charge in [0.1, 0.15) is 0 Å². The summed E-state index contributed by atoms with van der Waals surface area (Å²) in [6, 6.07) is 15.6. The minimum absolute atomic E-state index is 0.0922. The number of benzene rings is 2. The molecule has 2 aromatic heterocycles.